The van der Waals surface area contributed by atoms with Crippen LogP contribution in [0.5, 0.6) is 0 Å². The molecule has 0 aliphatic carbocycles. The maximum absolute atomic E-state index is 12.8. The highest BCUT2D eigenvalue weighted by atomic mass is 32.1. The molecule has 0 spiro atoms. The number of nitrogens with two attached hydrogens (primary N) is 1. The molecule has 126 valence electrons. The van der Waals surface area contributed by atoms with Crippen molar-refractivity contribution >= 4 is 17.2 Å². The minimum absolute atomic E-state index is 0.0745. The third-order valence-electron chi connectivity index (χ3n) is 4.01. The van der Waals surface area contributed by atoms with Gasteiger partial charge < -0.3 is 11.1 Å². The van der Waals surface area contributed by atoms with Crippen LogP contribution in [0.15, 0.2) is 17.6 Å². The third-order valence-corrected chi connectivity index (χ3v) is 4.77. The smallest absolute Gasteiger partial charge is 0.253 e. The SMILES string of the molecule is Cc1cc(C(=O)NC(C)(CN)CC(C)C)c(C)n1-c1nccs1. The molecule has 0 aliphatic rings. The van der Waals surface area contributed by atoms with Gasteiger partial charge in [0.05, 0.1) is 5.56 Å². The highest BCUT2D eigenvalue weighted by Crippen LogP contribution is 2.23. The molecular weight excluding hydrogens is 308 g/mol. The van der Waals surface area contributed by atoms with Crippen LogP contribution in [0.1, 0.15) is 48.9 Å². The second-order valence-corrected chi connectivity index (χ2v) is 7.62. The van der Waals surface area contributed by atoms with Gasteiger partial charge in [0.15, 0.2) is 5.13 Å². The summed E-state index contributed by atoms with van der Waals surface area (Å²) in [6.45, 7) is 10.6. The van der Waals surface area contributed by atoms with Crippen molar-refractivity contribution in [1.29, 1.82) is 0 Å². The molecule has 6 heteroatoms. The highest BCUT2D eigenvalue weighted by molar-refractivity contribution is 7.12. The quantitative estimate of drug-likeness (QED) is 0.853. The number of aromatic nitrogens is 2. The van der Waals surface area contributed by atoms with Crippen LogP contribution in [0.25, 0.3) is 5.13 Å². The summed E-state index contributed by atoms with van der Waals surface area (Å²) in [5.41, 5.74) is 8.09. The Morgan fingerprint density at radius 3 is 2.70 bits per heavy atom. The Kier molecular flexibility index (Phi) is 5.26. The molecule has 1 amide bonds. The fraction of sp³-hybridized carbons (Fsp3) is 0.529. The van der Waals surface area contributed by atoms with E-state index in [1.807, 2.05) is 36.8 Å². The van der Waals surface area contributed by atoms with E-state index in [1.165, 1.54) is 0 Å². The van der Waals surface area contributed by atoms with E-state index in [2.05, 4.69) is 24.1 Å². The van der Waals surface area contributed by atoms with Crippen molar-refractivity contribution < 1.29 is 4.79 Å². The Hall–Kier alpha value is -1.66. The van der Waals surface area contributed by atoms with Crippen molar-refractivity contribution in [2.75, 3.05) is 6.54 Å². The van der Waals surface area contributed by atoms with Crippen LogP contribution < -0.4 is 11.1 Å². The van der Waals surface area contributed by atoms with Crippen molar-refractivity contribution in [2.24, 2.45) is 11.7 Å². The fourth-order valence-corrected chi connectivity index (χ4v) is 3.79. The molecule has 2 aromatic rings. The molecule has 2 rings (SSSR count). The van der Waals surface area contributed by atoms with Gasteiger partial charge in [0.1, 0.15) is 0 Å². The molecular formula is C17H26N4OS. The number of amides is 1. The highest BCUT2D eigenvalue weighted by Gasteiger charge is 2.28. The molecule has 3 N–H and O–H groups in total. The first-order valence-corrected chi connectivity index (χ1v) is 8.77. The normalized spacial score (nSPS) is 14.0. The first kappa shape index (κ1) is 17.7. The van der Waals surface area contributed by atoms with E-state index in [1.54, 1.807) is 17.5 Å². The number of thiazole rings is 1. The molecule has 0 radical (unpaired) electrons. The minimum Gasteiger partial charge on any atom is -0.346 e. The lowest BCUT2D eigenvalue weighted by Gasteiger charge is -2.31. The monoisotopic (exact) mass is 334 g/mol. The van der Waals surface area contributed by atoms with Gasteiger partial charge in [-0.3, -0.25) is 9.36 Å². The van der Waals surface area contributed by atoms with E-state index in [0.29, 0.717) is 18.0 Å². The van der Waals surface area contributed by atoms with Crippen molar-refractivity contribution in [1.82, 2.24) is 14.9 Å². The number of carbonyl (C=O) groups excluding carboxylic acids is 1. The van der Waals surface area contributed by atoms with Gasteiger partial charge in [-0.15, -0.1) is 11.3 Å². The molecule has 1 atom stereocenters. The lowest BCUT2D eigenvalue weighted by Crippen LogP contribution is -2.52. The van der Waals surface area contributed by atoms with Gasteiger partial charge in [-0.05, 0) is 39.2 Å². The average Bonchev–Trinajstić information content (AvgIpc) is 3.06. The van der Waals surface area contributed by atoms with Gasteiger partial charge in [0.25, 0.3) is 5.91 Å². The van der Waals surface area contributed by atoms with Crippen molar-refractivity contribution in [3.63, 3.8) is 0 Å². The minimum atomic E-state index is -0.394. The largest absolute Gasteiger partial charge is 0.346 e. The van der Waals surface area contributed by atoms with Crippen molar-refractivity contribution in [3.8, 4) is 5.13 Å². The maximum Gasteiger partial charge on any atom is 0.253 e. The first-order valence-electron chi connectivity index (χ1n) is 7.89. The van der Waals surface area contributed by atoms with Crippen molar-refractivity contribution in [2.45, 2.75) is 46.6 Å². The zero-order chi connectivity index (χ0) is 17.2. The number of hydrogen-bond donors (Lipinski definition) is 2. The summed E-state index contributed by atoms with van der Waals surface area (Å²) < 4.78 is 2.02. The third kappa shape index (κ3) is 3.82. The van der Waals surface area contributed by atoms with Crippen LogP contribution in [-0.2, 0) is 0 Å². The number of hydrogen-bond acceptors (Lipinski definition) is 4. The predicted molar refractivity (Wildman–Crippen MR) is 95.3 cm³/mol. The summed E-state index contributed by atoms with van der Waals surface area (Å²) in [5, 5.41) is 5.93. The summed E-state index contributed by atoms with van der Waals surface area (Å²) in [4.78, 5) is 17.1. The Morgan fingerprint density at radius 2 is 2.17 bits per heavy atom. The summed E-state index contributed by atoms with van der Waals surface area (Å²) in [6, 6.07) is 1.92. The lowest BCUT2D eigenvalue weighted by molar-refractivity contribution is 0.0897. The van der Waals surface area contributed by atoms with E-state index in [0.717, 1.165) is 22.9 Å². The molecule has 0 aromatic carbocycles. The van der Waals surface area contributed by atoms with E-state index in [4.69, 9.17) is 5.73 Å². The molecule has 0 aliphatic heterocycles. The topological polar surface area (TPSA) is 72.9 Å². The van der Waals surface area contributed by atoms with Gasteiger partial charge >= 0.3 is 0 Å². The van der Waals surface area contributed by atoms with Gasteiger partial charge in [-0.25, -0.2) is 4.98 Å². The van der Waals surface area contributed by atoms with Crippen LogP contribution in [0.4, 0.5) is 0 Å². The van der Waals surface area contributed by atoms with E-state index < -0.39 is 5.54 Å². The zero-order valence-electron chi connectivity index (χ0n) is 14.5. The second kappa shape index (κ2) is 6.84. The first-order chi connectivity index (χ1) is 10.8. The standard InChI is InChI=1S/C17H26N4OS/c1-11(2)9-17(5,10-18)20-15(22)14-8-12(3)21(13(14)4)16-19-6-7-23-16/h6-8,11H,9-10,18H2,1-5H3,(H,20,22). The lowest BCUT2D eigenvalue weighted by atomic mass is 9.90. The van der Waals surface area contributed by atoms with Crippen LogP contribution in [0.3, 0.4) is 0 Å². The van der Waals surface area contributed by atoms with Gasteiger partial charge in [-0.1, -0.05) is 13.8 Å². The molecule has 2 heterocycles. The van der Waals surface area contributed by atoms with Crippen LogP contribution >= 0.6 is 11.3 Å². The number of carbonyl (C=O) groups is 1. The second-order valence-electron chi connectivity index (χ2n) is 6.75. The zero-order valence-corrected chi connectivity index (χ0v) is 15.3. The Labute approximate surface area is 141 Å². The summed E-state index contributed by atoms with van der Waals surface area (Å²) >= 11 is 1.56. The van der Waals surface area contributed by atoms with Gasteiger partial charge in [-0.2, -0.15) is 0 Å². The molecule has 0 saturated carbocycles. The van der Waals surface area contributed by atoms with Crippen molar-refractivity contribution in [3.05, 3.63) is 34.6 Å². The number of nitrogens with one attached hydrogen (secondary N) is 1. The van der Waals surface area contributed by atoms with E-state index in [9.17, 15) is 4.79 Å². The summed E-state index contributed by atoms with van der Waals surface area (Å²) in [7, 11) is 0. The summed E-state index contributed by atoms with van der Waals surface area (Å²) in [5.74, 6) is 0.390. The Balaban J connectivity index is 2.29. The molecule has 0 saturated heterocycles. The van der Waals surface area contributed by atoms with E-state index >= 15 is 0 Å². The number of rotatable bonds is 6. The van der Waals surface area contributed by atoms with Crippen LogP contribution in [0.2, 0.25) is 0 Å². The predicted octanol–water partition coefficient (Wildman–Crippen LogP) is 3.04. The summed E-state index contributed by atoms with van der Waals surface area (Å²) in [6.07, 6.45) is 2.62. The van der Waals surface area contributed by atoms with E-state index in [-0.39, 0.29) is 5.91 Å². The maximum atomic E-state index is 12.8. The van der Waals surface area contributed by atoms with Crippen LogP contribution in [-0.4, -0.2) is 27.5 Å². The fourth-order valence-electron chi connectivity index (χ4n) is 3.04. The molecule has 23 heavy (non-hydrogen) atoms. The Bertz CT molecular complexity index is 675. The number of aryl methyl sites for hydroxylation is 1. The van der Waals surface area contributed by atoms with Crippen LogP contribution in [0, 0.1) is 19.8 Å². The Morgan fingerprint density at radius 1 is 1.48 bits per heavy atom. The van der Waals surface area contributed by atoms with Gasteiger partial charge in [0, 0.05) is 35.0 Å². The molecule has 1 unspecified atom stereocenters. The molecule has 5 nitrogen and oxygen atoms in total. The average molecular weight is 334 g/mol. The molecule has 2 aromatic heterocycles. The molecule has 0 bridgehead atoms. The van der Waals surface area contributed by atoms with Gasteiger partial charge in [0.2, 0.25) is 0 Å². The number of nitrogens with zero attached hydrogens (tertiary/aromatic N) is 2. The molecule has 0 fully saturated rings.